The topological polar surface area (TPSA) is 63.3 Å². The molecule has 3 nitrogen and oxygen atoms in total. The van der Waals surface area contributed by atoms with Crippen LogP contribution in [-0.4, -0.2) is 11.2 Å². The first-order valence-electron chi connectivity index (χ1n) is 4.95. The molecule has 0 bridgehead atoms. The molecular formula is C13H13NO2S. The van der Waals surface area contributed by atoms with Crippen LogP contribution < -0.4 is 5.73 Å². The molecule has 0 aliphatic heterocycles. The van der Waals surface area contributed by atoms with Crippen molar-refractivity contribution < 1.29 is 9.90 Å². The number of carboxylic acid groups (broad SMARTS) is 1. The molecule has 0 aliphatic carbocycles. The molecule has 0 radical (unpaired) electrons. The molecule has 17 heavy (non-hydrogen) atoms. The number of nitrogens with two attached hydrogens (primary N) is 1. The molecule has 2 aromatic carbocycles. The summed E-state index contributed by atoms with van der Waals surface area (Å²) in [4.78, 5) is 11.3. The minimum Gasteiger partial charge on any atom is -0.465 e. The zero-order chi connectivity index (χ0) is 12.5. The van der Waals surface area contributed by atoms with Crippen molar-refractivity contribution in [3.63, 3.8) is 0 Å². The quantitative estimate of drug-likeness (QED) is 0.854. The molecule has 0 spiro atoms. The van der Waals surface area contributed by atoms with E-state index in [0.717, 1.165) is 0 Å². The normalized spacial score (nSPS) is 8.94. The van der Waals surface area contributed by atoms with E-state index in [1.165, 1.54) is 9.79 Å². The van der Waals surface area contributed by atoms with Gasteiger partial charge in [-0.15, -0.1) is 0 Å². The molecule has 1 amide bonds. The maximum atomic E-state index is 8.78. The zero-order valence-electron chi connectivity index (χ0n) is 9.11. The van der Waals surface area contributed by atoms with Gasteiger partial charge in [0, 0.05) is 9.79 Å². The van der Waals surface area contributed by atoms with Gasteiger partial charge in [0.15, 0.2) is 0 Å². The van der Waals surface area contributed by atoms with Crippen LogP contribution in [0.4, 0.5) is 4.79 Å². The van der Waals surface area contributed by atoms with Crippen LogP contribution in [0.5, 0.6) is 0 Å². The van der Waals surface area contributed by atoms with Crippen LogP contribution in [0.15, 0.2) is 70.5 Å². The Labute approximate surface area is 104 Å². The van der Waals surface area contributed by atoms with E-state index in [-0.39, 0.29) is 0 Å². The van der Waals surface area contributed by atoms with Gasteiger partial charge < -0.3 is 10.8 Å². The number of hydrogen-bond donors (Lipinski definition) is 2. The molecule has 2 aromatic rings. The van der Waals surface area contributed by atoms with Gasteiger partial charge in [-0.25, -0.2) is 4.79 Å². The molecule has 0 saturated heterocycles. The summed E-state index contributed by atoms with van der Waals surface area (Å²) in [5.41, 5.74) is 4.03. The van der Waals surface area contributed by atoms with E-state index >= 15 is 0 Å². The maximum Gasteiger partial charge on any atom is 0.402 e. The van der Waals surface area contributed by atoms with Crippen molar-refractivity contribution in [1.82, 2.24) is 0 Å². The van der Waals surface area contributed by atoms with Crippen molar-refractivity contribution in [3.8, 4) is 0 Å². The Kier molecular flexibility index (Phi) is 5.68. The molecule has 0 fully saturated rings. The molecule has 0 saturated carbocycles. The predicted molar refractivity (Wildman–Crippen MR) is 69.2 cm³/mol. The van der Waals surface area contributed by atoms with Gasteiger partial charge in [-0.3, -0.25) is 0 Å². The summed E-state index contributed by atoms with van der Waals surface area (Å²) in [6.07, 6.45) is -1.33. The Hall–Kier alpha value is -1.94. The van der Waals surface area contributed by atoms with E-state index in [1.807, 2.05) is 12.1 Å². The lowest BCUT2D eigenvalue weighted by molar-refractivity contribution is 0.205. The van der Waals surface area contributed by atoms with Gasteiger partial charge in [0.05, 0.1) is 0 Å². The highest BCUT2D eigenvalue weighted by Gasteiger charge is 1.93. The minimum atomic E-state index is -1.33. The summed E-state index contributed by atoms with van der Waals surface area (Å²) in [6, 6.07) is 20.8. The number of primary amides is 1. The number of rotatable bonds is 2. The molecule has 3 N–H and O–H groups in total. The Morgan fingerprint density at radius 1 is 0.882 bits per heavy atom. The average molecular weight is 247 g/mol. The van der Waals surface area contributed by atoms with E-state index in [9.17, 15) is 0 Å². The third kappa shape index (κ3) is 6.27. The lowest BCUT2D eigenvalue weighted by atomic mass is 10.4. The Morgan fingerprint density at radius 3 is 1.47 bits per heavy atom. The van der Waals surface area contributed by atoms with Crippen molar-refractivity contribution >= 4 is 17.9 Å². The second-order valence-corrected chi connectivity index (χ2v) is 4.21. The van der Waals surface area contributed by atoms with Crippen LogP contribution in [0.2, 0.25) is 0 Å². The fourth-order valence-corrected chi connectivity index (χ4v) is 1.97. The number of amides is 1. The molecule has 88 valence electrons. The summed E-state index contributed by atoms with van der Waals surface area (Å²) >= 11 is 1.79. The zero-order valence-corrected chi connectivity index (χ0v) is 9.93. The first-order valence-corrected chi connectivity index (χ1v) is 5.76. The van der Waals surface area contributed by atoms with Gasteiger partial charge in [-0.2, -0.15) is 0 Å². The van der Waals surface area contributed by atoms with Crippen molar-refractivity contribution in [2.45, 2.75) is 9.79 Å². The molecule has 0 atom stereocenters. The van der Waals surface area contributed by atoms with E-state index in [0.29, 0.717) is 0 Å². The van der Waals surface area contributed by atoms with Crippen LogP contribution in [0.25, 0.3) is 0 Å². The second kappa shape index (κ2) is 7.35. The van der Waals surface area contributed by atoms with Gasteiger partial charge in [0.2, 0.25) is 0 Å². The van der Waals surface area contributed by atoms with E-state index in [4.69, 9.17) is 9.90 Å². The standard InChI is InChI=1S/C12H10S.CH3NO2/c1-3-7-11(8-4-1)13-12-9-5-2-6-10-12;2-1(3)4/h1-10H;2H2,(H,3,4). The highest BCUT2D eigenvalue weighted by molar-refractivity contribution is 7.99. The smallest absolute Gasteiger partial charge is 0.402 e. The fourth-order valence-electron chi connectivity index (χ4n) is 1.11. The Balaban J connectivity index is 0.000000317. The van der Waals surface area contributed by atoms with Crippen molar-refractivity contribution in [2.75, 3.05) is 0 Å². The first kappa shape index (κ1) is 13.1. The van der Waals surface area contributed by atoms with E-state index < -0.39 is 6.09 Å². The summed E-state index contributed by atoms with van der Waals surface area (Å²) in [6.45, 7) is 0. The van der Waals surface area contributed by atoms with Crippen LogP contribution in [0.3, 0.4) is 0 Å². The van der Waals surface area contributed by atoms with Gasteiger partial charge in [-0.1, -0.05) is 48.2 Å². The minimum absolute atomic E-state index is 1.29. The highest BCUT2D eigenvalue weighted by Crippen LogP contribution is 2.26. The third-order valence-electron chi connectivity index (χ3n) is 1.72. The van der Waals surface area contributed by atoms with Crippen molar-refractivity contribution in [1.29, 1.82) is 0 Å². The number of carbonyl (C=O) groups is 1. The Morgan fingerprint density at radius 2 is 1.18 bits per heavy atom. The monoisotopic (exact) mass is 247 g/mol. The average Bonchev–Trinajstić information content (AvgIpc) is 2.31. The van der Waals surface area contributed by atoms with Gasteiger partial charge in [-0.05, 0) is 24.3 Å². The van der Waals surface area contributed by atoms with Crippen molar-refractivity contribution in [3.05, 3.63) is 60.7 Å². The lowest BCUT2D eigenvalue weighted by Gasteiger charge is -1.99. The summed E-state index contributed by atoms with van der Waals surface area (Å²) < 4.78 is 0. The Bertz CT molecular complexity index is 404. The third-order valence-corrected chi connectivity index (χ3v) is 2.74. The molecular weight excluding hydrogens is 234 g/mol. The summed E-state index contributed by atoms with van der Waals surface area (Å²) in [5.74, 6) is 0. The number of benzene rings is 2. The predicted octanol–water partition coefficient (Wildman–Crippen LogP) is 3.46. The molecule has 0 heterocycles. The largest absolute Gasteiger partial charge is 0.465 e. The van der Waals surface area contributed by atoms with Crippen LogP contribution in [-0.2, 0) is 0 Å². The second-order valence-electron chi connectivity index (χ2n) is 3.07. The van der Waals surface area contributed by atoms with Crippen LogP contribution in [0, 0.1) is 0 Å². The molecule has 0 aliphatic rings. The molecule has 2 rings (SSSR count). The van der Waals surface area contributed by atoms with Gasteiger partial charge >= 0.3 is 6.09 Å². The number of hydrogen-bond acceptors (Lipinski definition) is 2. The van der Waals surface area contributed by atoms with E-state index in [1.54, 1.807) is 11.8 Å². The maximum absolute atomic E-state index is 8.78. The fraction of sp³-hybridized carbons (Fsp3) is 0. The summed E-state index contributed by atoms with van der Waals surface area (Å²) in [7, 11) is 0. The summed E-state index contributed by atoms with van der Waals surface area (Å²) in [5, 5.41) is 7.19. The van der Waals surface area contributed by atoms with Crippen molar-refractivity contribution in [2.24, 2.45) is 5.73 Å². The molecule has 0 unspecified atom stereocenters. The van der Waals surface area contributed by atoms with Gasteiger partial charge in [0.25, 0.3) is 0 Å². The van der Waals surface area contributed by atoms with Crippen LogP contribution in [0.1, 0.15) is 0 Å². The molecule has 0 aromatic heterocycles. The SMILES string of the molecule is NC(=O)O.c1ccc(Sc2ccccc2)cc1. The van der Waals surface area contributed by atoms with Crippen LogP contribution >= 0.6 is 11.8 Å². The molecule has 4 heteroatoms. The lowest BCUT2D eigenvalue weighted by Crippen LogP contribution is -2.03. The van der Waals surface area contributed by atoms with Gasteiger partial charge in [0.1, 0.15) is 0 Å². The highest BCUT2D eigenvalue weighted by atomic mass is 32.2. The first-order chi connectivity index (χ1) is 8.18. The van der Waals surface area contributed by atoms with E-state index in [2.05, 4.69) is 54.3 Å².